The first kappa shape index (κ1) is 14.7. The maximum atomic E-state index is 12.1. The van der Waals surface area contributed by atoms with Crippen LogP contribution >= 0.6 is 0 Å². The van der Waals surface area contributed by atoms with Crippen LogP contribution in [0.3, 0.4) is 0 Å². The minimum atomic E-state index is -0.307. The summed E-state index contributed by atoms with van der Waals surface area (Å²) in [5.74, 6) is 2.50. The third-order valence-corrected chi connectivity index (χ3v) is 2.65. The Kier molecular flexibility index (Phi) is 6.39. The van der Waals surface area contributed by atoms with Crippen molar-refractivity contribution in [2.45, 2.75) is 40.0 Å². The van der Waals surface area contributed by atoms with Gasteiger partial charge in [0.05, 0.1) is 6.67 Å². The lowest BCUT2D eigenvalue weighted by atomic mass is 10.2. The minimum absolute atomic E-state index is 0.307. The summed E-state index contributed by atoms with van der Waals surface area (Å²) in [7, 11) is 0. The number of rotatable bonds is 8. The molecule has 0 saturated heterocycles. The van der Waals surface area contributed by atoms with Crippen molar-refractivity contribution in [3.63, 3.8) is 0 Å². The van der Waals surface area contributed by atoms with Crippen molar-refractivity contribution >= 4 is 11.6 Å². The summed E-state index contributed by atoms with van der Waals surface area (Å²) in [5, 5.41) is 6.48. The highest BCUT2D eigenvalue weighted by atomic mass is 19.1. The van der Waals surface area contributed by atoms with Crippen molar-refractivity contribution in [1.82, 2.24) is 9.97 Å². The van der Waals surface area contributed by atoms with Gasteiger partial charge in [-0.05, 0) is 19.8 Å². The zero-order valence-electron chi connectivity index (χ0n) is 11.5. The van der Waals surface area contributed by atoms with Crippen LogP contribution in [0.15, 0.2) is 0 Å². The molecule has 0 radical (unpaired) electrons. The number of nitrogens with zero attached hydrogens (tertiary/aromatic N) is 2. The van der Waals surface area contributed by atoms with Crippen LogP contribution in [0, 0.1) is 6.92 Å². The third-order valence-electron chi connectivity index (χ3n) is 2.65. The summed E-state index contributed by atoms with van der Waals surface area (Å²) in [6.45, 7) is 7.31. The Morgan fingerprint density at radius 2 is 1.67 bits per heavy atom. The first-order chi connectivity index (χ1) is 8.72. The van der Waals surface area contributed by atoms with E-state index in [-0.39, 0.29) is 6.67 Å². The van der Waals surface area contributed by atoms with Crippen molar-refractivity contribution in [3.8, 4) is 0 Å². The van der Waals surface area contributed by atoms with Gasteiger partial charge >= 0.3 is 0 Å². The molecule has 18 heavy (non-hydrogen) atoms. The van der Waals surface area contributed by atoms with E-state index in [1.165, 1.54) is 0 Å². The Hall–Kier alpha value is -1.39. The third kappa shape index (κ3) is 4.13. The quantitative estimate of drug-likeness (QED) is 0.700. The SMILES string of the molecule is CCCNc1nc(CC)nc(NCCCF)c1C. The molecular weight excluding hydrogens is 231 g/mol. The number of hydrogen-bond acceptors (Lipinski definition) is 4. The summed E-state index contributed by atoms with van der Waals surface area (Å²) in [5.41, 5.74) is 1.000. The van der Waals surface area contributed by atoms with Crippen LogP contribution in [-0.2, 0) is 6.42 Å². The van der Waals surface area contributed by atoms with Crippen molar-refractivity contribution in [3.05, 3.63) is 11.4 Å². The topological polar surface area (TPSA) is 49.8 Å². The predicted octanol–water partition coefficient (Wildman–Crippen LogP) is 2.94. The van der Waals surface area contributed by atoms with Crippen LogP contribution < -0.4 is 10.6 Å². The molecule has 0 aromatic carbocycles. The van der Waals surface area contributed by atoms with Gasteiger partial charge in [0.15, 0.2) is 0 Å². The average Bonchev–Trinajstić information content (AvgIpc) is 2.39. The molecule has 0 bridgehead atoms. The molecule has 0 fully saturated rings. The maximum absolute atomic E-state index is 12.1. The molecule has 5 heteroatoms. The number of aromatic nitrogens is 2. The molecule has 0 aliphatic carbocycles. The van der Waals surface area contributed by atoms with Crippen LogP contribution in [0.4, 0.5) is 16.0 Å². The summed E-state index contributed by atoms with van der Waals surface area (Å²) in [6, 6.07) is 0. The Morgan fingerprint density at radius 1 is 1.06 bits per heavy atom. The monoisotopic (exact) mass is 254 g/mol. The zero-order valence-corrected chi connectivity index (χ0v) is 11.5. The molecule has 0 amide bonds. The first-order valence-corrected chi connectivity index (χ1v) is 6.64. The van der Waals surface area contributed by atoms with Crippen LogP contribution in [0.5, 0.6) is 0 Å². The normalized spacial score (nSPS) is 10.4. The van der Waals surface area contributed by atoms with Gasteiger partial charge in [-0.25, -0.2) is 9.97 Å². The molecule has 1 rings (SSSR count). The van der Waals surface area contributed by atoms with E-state index >= 15 is 0 Å². The second kappa shape index (κ2) is 7.84. The van der Waals surface area contributed by atoms with Gasteiger partial charge < -0.3 is 10.6 Å². The largest absolute Gasteiger partial charge is 0.370 e. The Labute approximate surface area is 108 Å². The van der Waals surface area contributed by atoms with Crippen molar-refractivity contribution in [2.24, 2.45) is 0 Å². The van der Waals surface area contributed by atoms with Crippen molar-refractivity contribution in [1.29, 1.82) is 0 Å². The van der Waals surface area contributed by atoms with E-state index in [1.807, 2.05) is 13.8 Å². The van der Waals surface area contributed by atoms with E-state index in [0.29, 0.717) is 13.0 Å². The standard InChI is InChI=1S/C13H23FN4/c1-4-8-15-12-10(3)13(16-9-6-7-14)18-11(5-2)17-12/h4-9H2,1-3H3,(H2,15,16,17,18). The van der Waals surface area contributed by atoms with Gasteiger partial charge in [0.1, 0.15) is 17.5 Å². The van der Waals surface area contributed by atoms with E-state index in [0.717, 1.165) is 42.4 Å². The zero-order chi connectivity index (χ0) is 13.4. The number of nitrogens with one attached hydrogen (secondary N) is 2. The molecule has 0 unspecified atom stereocenters. The van der Waals surface area contributed by atoms with E-state index < -0.39 is 0 Å². The number of alkyl halides is 1. The fraction of sp³-hybridized carbons (Fsp3) is 0.692. The van der Waals surface area contributed by atoms with E-state index in [2.05, 4.69) is 27.5 Å². The van der Waals surface area contributed by atoms with Gasteiger partial charge in [-0.15, -0.1) is 0 Å². The number of hydrogen-bond donors (Lipinski definition) is 2. The number of anilines is 2. The molecule has 4 nitrogen and oxygen atoms in total. The fourth-order valence-electron chi connectivity index (χ4n) is 1.58. The van der Waals surface area contributed by atoms with Crippen LogP contribution in [0.25, 0.3) is 0 Å². The highest BCUT2D eigenvalue weighted by Gasteiger charge is 2.09. The summed E-state index contributed by atoms with van der Waals surface area (Å²) >= 11 is 0. The van der Waals surface area contributed by atoms with Gasteiger partial charge in [-0.3, -0.25) is 4.39 Å². The Morgan fingerprint density at radius 3 is 2.17 bits per heavy atom. The average molecular weight is 254 g/mol. The molecule has 1 aromatic heterocycles. The summed E-state index contributed by atoms with van der Waals surface area (Å²) in [6.07, 6.45) is 2.34. The van der Waals surface area contributed by atoms with Gasteiger partial charge in [-0.1, -0.05) is 13.8 Å². The molecule has 0 spiro atoms. The van der Waals surface area contributed by atoms with Crippen LogP contribution in [0.2, 0.25) is 0 Å². The van der Waals surface area contributed by atoms with Crippen LogP contribution in [0.1, 0.15) is 38.1 Å². The van der Waals surface area contributed by atoms with Gasteiger partial charge in [0.2, 0.25) is 0 Å². The van der Waals surface area contributed by atoms with E-state index in [4.69, 9.17) is 0 Å². The molecule has 2 N–H and O–H groups in total. The van der Waals surface area contributed by atoms with Gasteiger partial charge in [0.25, 0.3) is 0 Å². The number of aryl methyl sites for hydroxylation is 1. The molecule has 0 aliphatic rings. The molecule has 102 valence electrons. The molecule has 0 atom stereocenters. The molecule has 0 aliphatic heterocycles. The fourth-order valence-corrected chi connectivity index (χ4v) is 1.58. The van der Waals surface area contributed by atoms with E-state index in [1.54, 1.807) is 0 Å². The molecular formula is C13H23FN4. The lowest BCUT2D eigenvalue weighted by Crippen LogP contribution is -2.12. The smallest absolute Gasteiger partial charge is 0.134 e. The van der Waals surface area contributed by atoms with Gasteiger partial charge in [0, 0.05) is 25.1 Å². The molecule has 1 aromatic rings. The molecule has 1 heterocycles. The van der Waals surface area contributed by atoms with Crippen molar-refractivity contribution in [2.75, 3.05) is 30.4 Å². The predicted molar refractivity (Wildman–Crippen MR) is 74.0 cm³/mol. The Bertz CT molecular complexity index is 368. The highest BCUT2D eigenvalue weighted by Crippen LogP contribution is 2.20. The van der Waals surface area contributed by atoms with Crippen molar-refractivity contribution < 1.29 is 4.39 Å². The maximum Gasteiger partial charge on any atom is 0.134 e. The summed E-state index contributed by atoms with van der Waals surface area (Å²) in [4.78, 5) is 8.93. The lowest BCUT2D eigenvalue weighted by molar-refractivity contribution is 0.481. The molecule has 0 saturated carbocycles. The second-order valence-electron chi connectivity index (χ2n) is 4.21. The first-order valence-electron chi connectivity index (χ1n) is 6.64. The second-order valence-corrected chi connectivity index (χ2v) is 4.21. The van der Waals surface area contributed by atoms with Crippen LogP contribution in [-0.4, -0.2) is 29.7 Å². The number of halogens is 1. The van der Waals surface area contributed by atoms with Gasteiger partial charge in [-0.2, -0.15) is 0 Å². The Balaban J connectivity index is 2.85. The lowest BCUT2D eigenvalue weighted by Gasteiger charge is -2.14. The summed E-state index contributed by atoms with van der Waals surface area (Å²) < 4.78 is 12.1. The highest BCUT2D eigenvalue weighted by molar-refractivity contribution is 5.57. The minimum Gasteiger partial charge on any atom is -0.370 e. The van der Waals surface area contributed by atoms with E-state index in [9.17, 15) is 4.39 Å².